The van der Waals surface area contributed by atoms with Gasteiger partial charge in [-0.15, -0.1) is 0 Å². The predicted octanol–water partition coefficient (Wildman–Crippen LogP) is 1.96. The van der Waals surface area contributed by atoms with E-state index in [1.54, 1.807) is 17.1 Å². The van der Waals surface area contributed by atoms with Gasteiger partial charge in [-0.1, -0.05) is 0 Å². The maximum atomic E-state index is 11.9. The van der Waals surface area contributed by atoms with Gasteiger partial charge in [-0.2, -0.15) is 5.10 Å². The zero-order valence-corrected chi connectivity index (χ0v) is 12.7. The summed E-state index contributed by atoms with van der Waals surface area (Å²) >= 11 is 0. The van der Waals surface area contributed by atoms with E-state index in [2.05, 4.69) is 20.4 Å². The minimum absolute atomic E-state index is 0.0337. The molecule has 7 heteroatoms. The lowest BCUT2D eigenvalue weighted by Gasteiger charge is -2.08. The van der Waals surface area contributed by atoms with Gasteiger partial charge >= 0.3 is 0 Å². The summed E-state index contributed by atoms with van der Waals surface area (Å²) < 4.78 is 1.71. The van der Waals surface area contributed by atoms with Crippen molar-refractivity contribution < 1.29 is 4.79 Å². The van der Waals surface area contributed by atoms with Crippen molar-refractivity contribution in [2.45, 2.75) is 12.8 Å². The van der Waals surface area contributed by atoms with Gasteiger partial charge in [0, 0.05) is 36.3 Å². The molecule has 1 aliphatic rings. The molecular formula is C16H16N6O. The molecule has 116 valence electrons. The van der Waals surface area contributed by atoms with Crippen LogP contribution in [0, 0.1) is 5.92 Å². The summed E-state index contributed by atoms with van der Waals surface area (Å²) in [6, 6.07) is 3.75. The lowest BCUT2D eigenvalue weighted by atomic mass is 10.1. The van der Waals surface area contributed by atoms with Crippen LogP contribution in [0.1, 0.15) is 12.8 Å². The Bertz CT molecular complexity index is 912. The molecule has 3 heterocycles. The molecule has 4 rings (SSSR count). The lowest BCUT2D eigenvalue weighted by molar-refractivity contribution is -0.117. The van der Waals surface area contributed by atoms with E-state index in [1.807, 2.05) is 25.4 Å². The Morgan fingerprint density at radius 2 is 2.17 bits per heavy atom. The summed E-state index contributed by atoms with van der Waals surface area (Å²) in [5, 5.41) is 8.66. The Hall–Kier alpha value is -2.96. The highest BCUT2D eigenvalue weighted by atomic mass is 16.2. The number of nitrogens with one attached hydrogen (secondary N) is 1. The SMILES string of the molecule is Cn1cc(-c2cc3cc(NC(=O)C4CC4)ncc3c(N)n2)cn1. The van der Waals surface area contributed by atoms with Gasteiger partial charge in [-0.05, 0) is 30.4 Å². The van der Waals surface area contributed by atoms with Gasteiger partial charge in [0.1, 0.15) is 11.6 Å². The fraction of sp³-hybridized carbons (Fsp3) is 0.250. The van der Waals surface area contributed by atoms with E-state index in [9.17, 15) is 4.79 Å². The first kappa shape index (κ1) is 13.7. The highest BCUT2D eigenvalue weighted by Crippen LogP contribution is 2.31. The van der Waals surface area contributed by atoms with Crippen LogP contribution in [0.25, 0.3) is 22.0 Å². The van der Waals surface area contributed by atoms with Crippen LogP contribution in [-0.4, -0.2) is 25.7 Å². The highest BCUT2D eigenvalue weighted by molar-refractivity contribution is 5.98. The predicted molar refractivity (Wildman–Crippen MR) is 87.5 cm³/mol. The second kappa shape index (κ2) is 5.05. The number of anilines is 2. The van der Waals surface area contributed by atoms with Gasteiger partial charge in [0.15, 0.2) is 0 Å². The number of aromatic nitrogens is 4. The van der Waals surface area contributed by atoms with Crippen molar-refractivity contribution in [2.24, 2.45) is 13.0 Å². The fourth-order valence-corrected chi connectivity index (χ4v) is 2.52. The maximum Gasteiger partial charge on any atom is 0.228 e. The number of nitrogens with two attached hydrogens (primary N) is 1. The first-order chi connectivity index (χ1) is 11.1. The number of aryl methyl sites for hydroxylation is 1. The first-order valence-electron chi connectivity index (χ1n) is 7.46. The summed E-state index contributed by atoms with van der Waals surface area (Å²) in [7, 11) is 1.85. The second-order valence-electron chi connectivity index (χ2n) is 5.85. The molecular weight excluding hydrogens is 292 g/mol. The van der Waals surface area contributed by atoms with Gasteiger partial charge in [0.25, 0.3) is 0 Å². The standard InChI is InChI=1S/C16H16N6O/c1-22-8-11(6-19-22)13-4-10-5-14(21-16(23)9-2-3-9)18-7-12(10)15(17)20-13/h4-9H,2-3H2,1H3,(H2,17,20)(H,18,21,23). The van der Waals surface area contributed by atoms with Crippen molar-refractivity contribution in [3.63, 3.8) is 0 Å². The highest BCUT2D eigenvalue weighted by Gasteiger charge is 2.29. The van der Waals surface area contributed by atoms with Gasteiger partial charge in [-0.3, -0.25) is 9.48 Å². The Morgan fingerprint density at radius 1 is 1.35 bits per heavy atom. The molecule has 3 N–H and O–H groups in total. The molecule has 3 aromatic rings. The minimum Gasteiger partial charge on any atom is -0.383 e. The fourth-order valence-electron chi connectivity index (χ4n) is 2.52. The van der Waals surface area contributed by atoms with Crippen LogP contribution in [0.3, 0.4) is 0 Å². The minimum atomic E-state index is 0.0337. The third kappa shape index (κ3) is 2.61. The summed E-state index contributed by atoms with van der Waals surface area (Å²) in [4.78, 5) is 20.5. The Kier molecular flexibility index (Phi) is 3.00. The van der Waals surface area contributed by atoms with Gasteiger partial charge in [-0.25, -0.2) is 9.97 Å². The molecule has 0 spiro atoms. The van der Waals surface area contributed by atoms with Crippen LogP contribution in [0.4, 0.5) is 11.6 Å². The molecule has 1 amide bonds. The number of nitrogens with zero attached hydrogens (tertiary/aromatic N) is 4. The average molecular weight is 308 g/mol. The number of pyridine rings is 2. The van der Waals surface area contributed by atoms with Crippen molar-refractivity contribution in [1.29, 1.82) is 0 Å². The molecule has 1 saturated carbocycles. The molecule has 0 atom stereocenters. The van der Waals surface area contributed by atoms with Crippen LogP contribution >= 0.6 is 0 Å². The quantitative estimate of drug-likeness (QED) is 0.770. The largest absolute Gasteiger partial charge is 0.383 e. The van der Waals surface area contributed by atoms with E-state index in [4.69, 9.17) is 5.73 Å². The molecule has 1 fully saturated rings. The molecule has 0 radical (unpaired) electrons. The third-order valence-corrected chi connectivity index (χ3v) is 3.95. The van der Waals surface area contributed by atoms with E-state index >= 15 is 0 Å². The Labute approximate surface area is 132 Å². The first-order valence-corrected chi connectivity index (χ1v) is 7.46. The number of hydrogen-bond donors (Lipinski definition) is 2. The molecule has 0 aromatic carbocycles. The topological polar surface area (TPSA) is 98.7 Å². The van der Waals surface area contributed by atoms with E-state index in [0.717, 1.165) is 34.9 Å². The van der Waals surface area contributed by atoms with E-state index < -0.39 is 0 Å². The van der Waals surface area contributed by atoms with Gasteiger partial charge < -0.3 is 11.1 Å². The lowest BCUT2D eigenvalue weighted by Crippen LogP contribution is -2.14. The van der Waals surface area contributed by atoms with Crippen LogP contribution in [0.5, 0.6) is 0 Å². The smallest absolute Gasteiger partial charge is 0.228 e. The number of nitrogen functional groups attached to an aromatic ring is 1. The number of rotatable bonds is 3. The average Bonchev–Trinajstić information content (AvgIpc) is 3.29. The monoisotopic (exact) mass is 308 g/mol. The van der Waals surface area contributed by atoms with E-state index in [-0.39, 0.29) is 11.8 Å². The summed E-state index contributed by atoms with van der Waals surface area (Å²) in [6.45, 7) is 0. The molecule has 0 bridgehead atoms. The number of fused-ring (bicyclic) bond motifs is 1. The molecule has 1 aliphatic carbocycles. The molecule has 0 saturated heterocycles. The summed E-state index contributed by atoms with van der Waals surface area (Å²) in [5.41, 5.74) is 7.68. The van der Waals surface area contributed by atoms with Crippen molar-refractivity contribution in [3.8, 4) is 11.3 Å². The van der Waals surface area contributed by atoms with Crippen LogP contribution in [0.15, 0.2) is 30.7 Å². The number of carbonyl (C=O) groups excluding carboxylic acids is 1. The Balaban J connectivity index is 1.74. The summed E-state index contributed by atoms with van der Waals surface area (Å²) in [6.07, 6.45) is 7.19. The van der Waals surface area contributed by atoms with Crippen LogP contribution < -0.4 is 11.1 Å². The molecule has 7 nitrogen and oxygen atoms in total. The number of amides is 1. The second-order valence-corrected chi connectivity index (χ2v) is 5.85. The molecule has 0 unspecified atom stereocenters. The van der Waals surface area contributed by atoms with E-state index in [1.165, 1.54) is 0 Å². The van der Waals surface area contributed by atoms with Crippen molar-refractivity contribution >= 4 is 28.3 Å². The molecule has 3 aromatic heterocycles. The summed E-state index contributed by atoms with van der Waals surface area (Å²) in [5.74, 6) is 1.12. The zero-order valence-electron chi connectivity index (χ0n) is 12.7. The number of carbonyl (C=O) groups is 1. The van der Waals surface area contributed by atoms with Gasteiger partial charge in [0.2, 0.25) is 5.91 Å². The van der Waals surface area contributed by atoms with Crippen LogP contribution in [0.2, 0.25) is 0 Å². The molecule has 0 aliphatic heterocycles. The van der Waals surface area contributed by atoms with Crippen molar-refractivity contribution in [1.82, 2.24) is 19.7 Å². The Morgan fingerprint density at radius 3 is 2.87 bits per heavy atom. The van der Waals surface area contributed by atoms with Gasteiger partial charge in [0.05, 0.1) is 11.9 Å². The maximum absolute atomic E-state index is 11.9. The van der Waals surface area contributed by atoms with Crippen molar-refractivity contribution in [3.05, 3.63) is 30.7 Å². The normalized spacial score (nSPS) is 14.1. The third-order valence-electron chi connectivity index (χ3n) is 3.95. The van der Waals surface area contributed by atoms with Crippen LogP contribution in [-0.2, 0) is 11.8 Å². The van der Waals surface area contributed by atoms with Crippen molar-refractivity contribution in [2.75, 3.05) is 11.1 Å². The molecule has 23 heavy (non-hydrogen) atoms. The zero-order chi connectivity index (χ0) is 16.0. The van der Waals surface area contributed by atoms with E-state index in [0.29, 0.717) is 11.6 Å². The number of hydrogen-bond acceptors (Lipinski definition) is 5.